The van der Waals surface area contributed by atoms with Crippen LogP contribution < -0.4 is 10.1 Å². The van der Waals surface area contributed by atoms with Crippen molar-refractivity contribution in [3.05, 3.63) is 23.3 Å². The van der Waals surface area contributed by atoms with Gasteiger partial charge >= 0.3 is 12.1 Å². The van der Waals surface area contributed by atoms with Gasteiger partial charge < -0.3 is 19.7 Å². The fourth-order valence-electron chi connectivity index (χ4n) is 1.74. The molecule has 0 bridgehead atoms. The lowest BCUT2D eigenvalue weighted by atomic mass is 10.1. The third-order valence-corrected chi connectivity index (χ3v) is 2.77. The topological polar surface area (TPSA) is 105 Å². The minimum Gasteiger partial charge on any atom is -0.483 e. The summed E-state index contributed by atoms with van der Waals surface area (Å²) in [5.74, 6) is -0.857. The number of rotatable bonds is 4. The number of nitrogens with one attached hydrogen (secondary N) is 1. The van der Waals surface area contributed by atoms with Crippen molar-refractivity contribution >= 4 is 17.7 Å². The van der Waals surface area contributed by atoms with Crippen LogP contribution in [0, 0.1) is 6.92 Å². The smallest absolute Gasteiger partial charge is 0.409 e. The van der Waals surface area contributed by atoms with Crippen LogP contribution in [0.15, 0.2) is 12.1 Å². The number of hydrogen-bond acceptors (Lipinski definition) is 4. The molecule has 1 fully saturated rings. The maximum Gasteiger partial charge on any atom is 0.409 e. The Hall–Kier alpha value is -2.28. The number of carboxylic acid groups (broad SMARTS) is 2. The third-order valence-electron chi connectivity index (χ3n) is 2.77. The lowest BCUT2D eigenvalue weighted by Crippen LogP contribution is -2.39. The number of benzene rings is 1. The molecule has 0 spiro atoms. The Balaban J connectivity index is 2.38. The van der Waals surface area contributed by atoms with Crippen molar-refractivity contribution in [3.8, 4) is 5.75 Å². The van der Waals surface area contributed by atoms with Crippen molar-refractivity contribution in [1.29, 1.82) is 0 Å². The van der Waals surface area contributed by atoms with E-state index in [-0.39, 0.29) is 23.1 Å². The van der Waals surface area contributed by atoms with Gasteiger partial charge in [0, 0.05) is 5.56 Å². The van der Waals surface area contributed by atoms with Crippen molar-refractivity contribution in [2.75, 3.05) is 18.5 Å². The van der Waals surface area contributed by atoms with E-state index in [2.05, 4.69) is 5.32 Å². The summed E-state index contributed by atoms with van der Waals surface area (Å²) in [5.41, 5.74) is 0.679. The molecule has 19 heavy (non-hydrogen) atoms. The SMILES string of the molecule is Cc1c(C(=O)O)ccc(NC(=O)O)c1OC1COC1. The van der Waals surface area contributed by atoms with Crippen molar-refractivity contribution in [2.45, 2.75) is 13.0 Å². The van der Waals surface area contributed by atoms with E-state index in [9.17, 15) is 9.59 Å². The average Bonchev–Trinajstić information content (AvgIpc) is 2.24. The van der Waals surface area contributed by atoms with Crippen LogP contribution in [0.3, 0.4) is 0 Å². The molecule has 0 atom stereocenters. The van der Waals surface area contributed by atoms with Gasteiger partial charge in [-0.3, -0.25) is 5.32 Å². The molecular formula is C12H13NO6. The second-order valence-electron chi connectivity index (χ2n) is 4.13. The van der Waals surface area contributed by atoms with Gasteiger partial charge in [0.2, 0.25) is 0 Å². The zero-order valence-corrected chi connectivity index (χ0v) is 10.2. The molecule has 7 heteroatoms. The third kappa shape index (κ3) is 2.76. The summed E-state index contributed by atoms with van der Waals surface area (Å²) in [6.07, 6.45) is -1.42. The molecule has 1 aromatic carbocycles. The molecule has 1 aliphatic heterocycles. The molecule has 0 unspecified atom stereocenters. The summed E-state index contributed by atoms with van der Waals surface area (Å²) in [7, 11) is 0. The van der Waals surface area contributed by atoms with Crippen LogP contribution in [-0.4, -0.2) is 41.6 Å². The van der Waals surface area contributed by atoms with E-state index in [1.54, 1.807) is 6.92 Å². The molecule has 0 aromatic heterocycles. The van der Waals surface area contributed by atoms with Gasteiger partial charge in [0.05, 0.1) is 24.5 Å². The monoisotopic (exact) mass is 267 g/mol. The number of ether oxygens (including phenoxy) is 2. The van der Waals surface area contributed by atoms with Gasteiger partial charge in [-0.25, -0.2) is 9.59 Å². The molecular weight excluding hydrogens is 254 g/mol. The fourth-order valence-corrected chi connectivity index (χ4v) is 1.74. The number of carbonyl (C=O) groups is 2. The maximum atomic E-state index is 11.1. The number of aromatic carboxylic acids is 1. The van der Waals surface area contributed by atoms with Crippen LogP contribution in [0.5, 0.6) is 5.75 Å². The zero-order chi connectivity index (χ0) is 14.0. The summed E-state index contributed by atoms with van der Waals surface area (Å²) in [5, 5.41) is 20.0. The average molecular weight is 267 g/mol. The molecule has 1 amide bonds. The van der Waals surface area contributed by atoms with Crippen LogP contribution in [0.4, 0.5) is 10.5 Å². The highest BCUT2D eigenvalue weighted by atomic mass is 16.6. The second kappa shape index (κ2) is 5.15. The molecule has 0 radical (unpaired) electrons. The molecule has 0 saturated carbocycles. The standard InChI is InChI=1S/C12H13NO6/c1-6-8(11(14)15)2-3-9(13-12(16)17)10(6)19-7-4-18-5-7/h2-3,7,13H,4-5H2,1H3,(H,14,15)(H,16,17). The van der Waals surface area contributed by atoms with Gasteiger partial charge in [0.1, 0.15) is 11.9 Å². The lowest BCUT2D eigenvalue weighted by Gasteiger charge is -2.28. The fraction of sp³-hybridized carbons (Fsp3) is 0.333. The van der Waals surface area contributed by atoms with E-state index in [4.69, 9.17) is 19.7 Å². The Morgan fingerprint density at radius 1 is 1.37 bits per heavy atom. The van der Waals surface area contributed by atoms with Crippen molar-refractivity contribution in [3.63, 3.8) is 0 Å². The molecule has 3 N–H and O–H groups in total. The van der Waals surface area contributed by atoms with Gasteiger partial charge in [-0.05, 0) is 19.1 Å². The molecule has 1 saturated heterocycles. The zero-order valence-electron chi connectivity index (χ0n) is 10.2. The quantitative estimate of drug-likeness (QED) is 0.764. The Bertz CT molecular complexity index is 523. The first-order chi connectivity index (χ1) is 8.99. The van der Waals surface area contributed by atoms with Crippen LogP contribution >= 0.6 is 0 Å². The first-order valence-electron chi connectivity index (χ1n) is 5.60. The first kappa shape index (κ1) is 13.2. The number of anilines is 1. The summed E-state index contributed by atoms with van der Waals surface area (Å²) in [6, 6.07) is 2.71. The predicted octanol–water partition coefficient (Wildman–Crippen LogP) is 1.56. The summed E-state index contributed by atoms with van der Waals surface area (Å²) in [6.45, 7) is 2.39. The van der Waals surface area contributed by atoms with Gasteiger partial charge in [-0.15, -0.1) is 0 Å². The lowest BCUT2D eigenvalue weighted by molar-refractivity contribution is -0.0796. The molecule has 0 aliphatic carbocycles. The van der Waals surface area contributed by atoms with Crippen LogP contribution in [0.25, 0.3) is 0 Å². The van der Waals surface area contributed by atoms with E-state index in [1.807, 2.05) is 0 Å². The van der Waals surface area contributed by atoms with E-state index >= 15 is 0 Å². The Kier molecular flexibility index (Phi) is 3.57. The molecule has 102 valence electrons. The highest BCUT2D eigenvalue weighted by Crippen LogP contribution is 2.33. The predicted molar refractivity (Wildman–Crippen MR) is 65.0 cm³/mol. The Morgan fingerprint density at radius 2 is 2.05 bits per heavy atom. The van der Waals surface area contributed by atoms with Gasteiger partial charge in [0.15, 0.2) is 0 Å². The highest BCUT2D eigenvalue weighted by molar-refractivity contribution is 5.93. The van der Waals surface area contributed by atoms with Crippen LogP contribution in [0.2, 0.25) is 0 Å². The van der Waals surface area contributed by atoms with Crippen molar-refractivity contribution in [2.24, 2.45) is 0 Å². The Morgan fingerprint density at radius 3 is 2.53 bits per heavy atom. The molecule has 1 aromatic rings. The summed E-state index contributed by atoms with van der Waals surface area (Å²) >= 11 is 0. The van der Waals surface area contributed by atoms with Gasteiger partial charge in [-0.1, -0.05) is 0 Å². The maximum absolute atomic E-state index is 11.1. The van der Waals surface area contributed by atoms with E-state index in [1.165, 1.54) is 12.1 Å². The molecule has 1 aliphatic rings. The van der Waals surface area contributed by atoms with Crippen LogP contribution in [0.1, 0.15) is 15.9 Å². The van der Waals surface area contributed by atoms with E-state index in [0.717, 1.165) is 0 Å². The number of carboxylic acids is 1. The van der Waals surface area contributed by atoms with Crippen molar-refractivity contribution in [1.82, 2.24) is 0 Å². The van der Waals surface area contributed by atoms with Crippen molar-refractivity contribution < 1.29 is 29.3 Å². The Labute approximate surface area is 108 Å². The van der Waals surface area contributed by atoms with Gasteiger partial charge in [0.25, 0.3) is 0 Å². The molecule has 2 rings (SSSR count). The number of amides is 1. The van der Waals surface area contributed by atoms with E-state index in [0.29, 0.717) is 18.8 Å². The second-order valence-corrected chi connectivity index (χ2v) is 4.13. The minimum atomic E-state index is -1.24. The normalized spacial score (nSPS) is 14.6. The molecule has 1 heterocycles. The largest absolute Gasteiger partial charge is 0.483 e. The minimum absolute atomic E-state index is 0.0752. The highest BCUT2D eigenvalue weighted by Gasteiger charge is 2.24. The van der Waals surface area contributed by atoms with Gasteiger partial charge in [-0.2, -0.15) is 0 Å². The first-order valence-corrected chi connectivity index (χ1v) is 5.60. The van der Waals surface area contributed by atoms with E-state index < -0.39 is 12.1 Å². The number of hydrogen-bond donors (Lipinski definition) is 3. The summed E-state index contributed by atoms with van der Waals surface area (Å²) < 4.78 is 10.6. The molecule has 7 nitrogen and oxygen atoms in total. The van der Waals surface area contributed by atoms with Crippen LogP contribution in [-0.2, 0) is 4.74 Å². The summed E-state index contributed by atoms with van der Waals surface area (Å²) in [4.78, 5) is 21.8.